The lowest BCUT2D eigenvalue weighted by molar-refractivity contribution is -0.343. The molecule has 0 aliphatic carbocycles. The molecule has 0 aromatic carbocycles. The van der Waals surface area contributed by atoms with Gasteiger partial charge in [0, 0.05) is 0 Å². The van der Waals surface area contributed by atoms with Gasteiger partial charge in [0.25, 0.3) is 5.67 Å². The monoisotopic (exact) mass is 238 g/mol. The average Bonchev–Trinajstić information content (AvgIpc) is 2.00. The molecule has 0 radical (unpaired) electrons. The Hall–Kier alpha value is -0.750. The number of alkyl halides is 7. The first-order chi connectivity index (χ1) is 6.56. The van der Waals surface area contributed by atoms with Crippen LogP contribution in [0.3, 0.4) is 0 Å². The molecule has 0 rings (SSSR count). The Kier molecular flexibility index (Phi) is 4.18. The molecule has 0 aromatic rings. The quantitative estimate of drug-likeness (QED) is 0.391. The maximum atomic E-state index is 12.8. The molecular weight excluding hydrogens is 229 g/mol. The lowest BCUT2D eigenvalue weighted by Crippen LogP contribution is -2.53. The summed E-state index contributed by atoms with van der Waals surface area (Å²) in [5, 5.41) is 0. The minimum Gasteiger partial charge on any atom is -0.224 e. The maximum absolute atomic E-state index is 12.8. The molecule has 0 N–H and O–H groups in total. The van der Waals surface area contributed by atoms with Gasteiger partial charge in [0.2, 0.25) is 0 Å². The fourth-order valence-electron chi connectivity index (χ4n) is 0.934. The van der Waals surface area contributed by atoms with Crippen molar-refractivity contribution >= 4 is 0 Å². The normalized spacial score (nSPS) is 14.1. The van der Waals surface area contributed by atoms with Crippen molar-refractivity contribution in [2.24, 2.45) is 0 Å². The number of rotatable bonds is 4. The summed E-state index contributed by atoms with van der Waals surface area (Å²) in [6, 6.07) is 0. The van der Waals surface area contributed by atoms with E-state index in [2.05, 4.69) is 6.58 Å². The Labute approximate surface area is 81.8 Å². The Balaban J connectivity index is 4.81. The highest BCUT2D eigenvalue weighted by Gasteiger charge is 2.71. The Morgan fingerprint density at radius 3 is 1.53 bits per heavy atom. The molecule has 15 heavy (non-hydrogen) atoms. The van der Waals surface area contributed by atoms with Crippen molar-refractivity contribution in [3.8, 4) is 0 Å². The van der Waals surface area contributed by atoms with Gasteiger partial charge < -0.3 is 0 Å². The van der Waals surface area contributed by atoms with E-state index in [0.717, 1.165) is 6.08 Å². The largest absolute Gasteiger partial charge is 0.431 e. The summed E-state index contributed by atoms with van der Waals surface area (Å²) in [4.78, 5) is 0. The summed E-state index contributed by atoms with van der Waals surface area (Å²) in [6.07, 6.45) is -13.0. The smallest absolute Gasteiger partial charge is 0.224 e. The van der Waals surface area contributed by atoms with E-state index in [0.29, 0.717) is 0 Å². The fourth-order valence-corrected chi connectivity index (χ4v) is 0.934. The molecule has 0 atom stereocenters. The highest BCUT2D eigenvalue weighted by atomic mass is 19.4. The summed E-state index contributed by atoms with van der Waals surface area (Å²) >= 11 is 0. The Bertz CT molecular complexity index is 198. The second-order valence-electron chi connectivity index (χ2n) is 2.98. The summed E-state index contributed by atoms with van der Waals surface area (Å²) < 4.78 is 84.3. The van der Waals surface area contributed by atoms with Gasteiger partial charge in [0.15, 0.2) is 0 Å². The van der Waals surface area contributed by atoms with E-state index in [-0.39, 0.29) is 6.42 Å². The molecule has 0 aromatic heterocycles. The second-order valence-corrected chi connectivity index (χ2v) is 2.98. The van der Waals surface area contributed by atoms with Crippen LogP contribution >= 0.6 is 0 Å². The van der Waals surface area contributed by atoms with Gasteiger partial charge >= 0.3 is 12.4 Å². The zero-order valence-electron chi connectivity index (χ0n) is 7.55. The molecule has 0 fully saturated rings. The first kappa shape index (κ1) is 14.2. The van der Waals surface area contributed by atoms with Crippen molar-refractivity contribution in [3.63, 3.8) is 0 Å². The molecular formula is C8H9F7. The molecule has 0 amide bonds. The predicted molar refractivity (Wildman–Crippen MR) is 40.0 cm³/mol. The van der Waals surface area contributed by atoms with Crippen LogP contribution in [0.5, 0.6) is 0 Å². The lowest BCUT2D eigenvalue weighted by atomic mass is 9.97. The van der Waals surface area contributed by atoms with Crippen molar-refractivity contribution in [1.82, 2.24) is 0 Å². The number of unbranched alkanes of at least 4 members (excludes halogenated alkanes) is 1. The number of halogens is 7. The van der Waals surface area contributed by atoms with Crippen molar-refractivity contribution < 1.29 is 30.7 Å². The van der Waals surface area contributed by atoms with Gasteiger partial charge in [0.1, 0.15) is 0 Å². The van der Waals surface area contributed by atoms with E-state index in [1.165, 1.54) is 0 Å². The molecule has 0 spiro atoms. The van der Waals surface area contributed by atoms with Crippen LogP contribution in [0.2, 0.25) is 0 Å². The summed E-state index contributed by atoms with van der Waals surface area (Å²) in [7, 11) is 0. The first-order valence-corrected chi connectivity index (χ1v) is 3.99. The lowest BCUT2D eigenvalue weighted by Gasteiger charge is -2.29. The minimum absolute atomic E-state index is 0.0994. The van der Waals surface area contributed by atoms with E-state index in [1.54, 1.807) is 0 Å². The Morgan fingerprint density at radius 2 is 1.27 bits per heavy atom. The van der Waals surface area contributed by atoms with Gasteiger partial charge in [-0.1, -0.05) is 6.08 Å². The van der Waals surface area contributed by atoms with Crippen LogP contribution in [0.15, 0.2) is 12.7 Å². The average molecular weight is 238 g/mol. The van der Waals surface area contributed by atoms with Crippen LogP contribution in [0.4, 0.5) is 30.7 Å². The van der Waals surface area contributed by atoms with E-state index < -0.39 is 30.9 Å². The fraction of sp³-hybridized carbons (Fsp3) is 0.750. The van der Waals surface area contributed by atoms with Gasteiger partial charge in [0.05, 0.1) is 0 Å². The molecule has 0 aliphatic rings. The van der Waals surface area contributed by atoms with Crippen LogP contribution in [0.25, 0.3) is 0 Å². The first-order valence-electron chi connectivity index (χ1n) is 3.99. The number of allylic oxidation sites excluding steroid dienone is 1. The van der Waals surface area contributed by atoms with Crippen molar-refractivity contribution in [2.45, 2.75) is 37.3 Å². The SMILES string of the molecule is C=CCCCC(F)(C(F)(F)F)C(F)(F)F. The van der Waals surface area contributed by atoms with Gasteiger partial charge in [-0.3, -0.25) is 0 Å². The molecule has 0 nitrogen and oxygen atoms in total. The number of hydrogen-bond donors (Lipinski definition) is 0. The highest BCUT2D eigenvalue weighted by Crippen LogP contribution is 2.49. The molecule has 0 unspecified atom stereocenters. The molecule has 0 aliphatic heterocycles. The van der Waals surface area contributed by atoms with Gasteiger partial charge in [-0.05, 0) is 19.3 Å². The molecule has 0 heterocycles. The van der Waals surface area contributed by atoms with Crippen LogP contribution < -0.4 is 0 Å². The maximum Gasteiger partial charge on any atom is 0.431 e. The van der Waals surface area contributed by atoms with Crippen molar-refractivity contribution in [2.75, 3.05) is 0 Å². The second kappa shape index (κ2) is 4.40. The van der Waals surface area contributed by atoms with E-state index >= 15 is 0 Å². The van der Waals surface area contributed by atoms with Crippen molar-refractivity contribution in [1.29, 1.82) is 0 Å². The molecule has 0 saturated carbocycles. The minimum atomic E-state index is -5.94. The van der Waals surface area contributed by atoms with E-state index in [4.69, 9.17) is 0 Å². The van der Waals surface area contributed by atoms with Crippen LogP contribution in [0.1, 0.15) is 19.3 Å². The summed E-state index contributed by atoms with van der Waals surface area (Å²) in [5.74, 6) is 0. The third kappa shape index (κ3) is 3.10. The van der Waals surface area contributed by atoms with Gasteiger partial charge in [-0.25, -0.2) is 4.39 Å². The Morgan fingerprint density at radius 1 is 0.867 bits per heavy atom. The van der Waals surface area contributed by atoms with Gasteiger partial charge in [-0.15, -0.1) is 6.58 Å². The molecule has 7 heteroatoms. The topological polar surface area (TPSA) is 0 Å². The predicted octanol–water partition coefficient (Wildman–Crippen LogP) is 4.18. The van der Waals surface area contributed by atoms with Crippen molar-refractivity contribution in [3.05, 3.63) is 12.7 Å². The zero-order valence-corrected chi connectivity index (χ0v) is 7.55. The molecule has 0 saturated heterocycles. The molecule has 0 bridgehead atoms. The van der Waals surface area contributed by atoms with Crippen LogP contribution in [0, 0.1) is 0 Å². The van der Waals surface area contributed by atoms with Crippen LogP contribution in [-0.4, -0.2) is 18.0 Å². The van der Waals surface area contributed by atoms with Crippen LogP contribution in [-0.2, 0) is 0 Å². The standard InChI is InChI=1S/C8H9F7/c1-2-3-4-5-6(9,7(10,11)12)8(13,14)15/h2H,1,3-5H2. The zero-order chi connectivity index (χ0) is 12.3. The summed E-state index contributed by atoms with van der Waals surface area (Å²) in [6.45, 7) is 3.12. The summed E-state index contributed by atoms with van der Waals surface area (Å²) in [5.41, 5.74) is -5.12. The third-order valence-corrected chi connectivity index (χ3v) is 1.83. The van der Waals surface area contributed by atoms with E-state index in [1.807, 2.05) is 0 Å². The number of hydrogen-bond acceptors (Lipinski definition) is 0. The van der Waals surface area contributed by atoms with E-state index in [9.17, 15) is 30.7 Å². The third-order valence-electron chi connectivity index (χ3n) is 1.83. The molecule has 90 valence electrons. The highest BCUT2D eigenvalue weighted by molar-refractivity contribution is 4.94. The van der Waals surface area contributed by atoms with Gasteiger partial charge in [-0.2, -0.15) is 26.3 Å².